The molecule has 0 amide bonds. The third-order valence-corrected chi connectivity index (χ3v) is 0.143. The Balaban J connectivity index is -0.00000000843. The quantitative estimate of drug-likeness (QED) is 0.298. The third kappa shape index (κ3) is 192. The van der Waals surface area contributed by atoms with Gasteiger partial charge in [-0.3, -0.25) is 0 Å². The Morgan fingerprint density at radius 3 is 0.800 bits per heavy atom. The highest BCUT2D eigenvalue weighted by molar-refractivity contribution is 4.77. The minimum absolute atomic E-state index is 0. The summed E-state index contributed by atoms with van der Waals surface area (Å²) in [7, 11) is 0. The van der Waals surface area contributed by atoms with E-state index < -0.39 is 12.2 Å². The summed E-state index contributed by atoms with van der Waals surface area (Å²) in [4.78, 5) is 0. The molecule has 102 valence electrons. The van der Waals surface area contributed by atoms with Crippen LogP contribution in [0.2, 0.25) is 0 Å². The molecule has 0 rings (SSSR count). The van der Waals surface area contributed by atoms with Crippen LogP contribution in [0.3, 0.4) is 0 Å². The highest BCUT2D eigenvalue weighted by Crippen LogP contribution is 2.08. The lowest BCUT2D eigenvalue weighted by molar-refractivity contribution is -0.00100. The molecule has 0 spiro atoms. The summed E-state index contributed by atoms with van der Waals surface area (Å²) < 4.78 is 41.1. The van der Waals surface area contributed by atoms with Gasteiger partial charge in [-0.1, -0.05) is 6.08 Å². The molecule has 0 heterocycles. The Bertz CT molecular complexity index is 92.4. The van der Waals surface area contributed by atoms with E-state index in [9.17, 15) is 17.6 Å². The predicted octanol–water partition coefficient (Wildman–Crippen LogP) is -14.8. The number of hydrogen-bond donors (Lipinski definition) is 0. The van der Waals surface area contributed by atoms with Crippen LogP contribution in [0.15, 0.2) is 24.8 Å². The molecule has 0 aromatic rings. The van der Waals surface area contributed by atoms with Crippen molar-refractivity contribution >= 4 is 0 Å². The van der Waals surface area contributed by atoms with Gasteiger partial charge in [0.1, 0.15) is 0 Å². The zero-order valence-corrected chi connectivity index (χ0v) is 7.06. The van der Waals surface area contributed by atoms with Crippen molar-refractivity contribution in [3.8, 4) is 0 Å². The largest absolute Gasteiger partial charge is 1.00 e. The van der Waals surface area contributed by atoms with E-state index in [1.807, 2.05) is 6.92 Å². The average molecular weight is 256 g/mol. The minimum atomic E-state index is -2.91. The van der Waals surface area contributed by atoms with E-state index in [0.29, 0.717) is 0 Å². The smallest absolute Gasteiger partial charge is 0.334 e. The van der Waals surface area contributed by atoms with Crippen molar-refractivity contribution in [1.82, 2.24) is 0 Å². The normalized spacial score (nSPS) is 4.07. The SMILES string of the molecule is C=CC.FC(F)=C(F)F.[F-].[F-].[F-].[F-].[F-].[F-]. The van der Waals surface area contributed by atoms with E-state index in [1.54, 1.807) is 6.08 Å². The second-order valence-corrected chi connectivity index (χ2v) is 0.929. The summed E-state index contributed by atoms with van der Waals surface area (Å²) in [6, 6.07) is 0. The summed E-state index contributed by atoms with van der Waals surface area (Å²) in [5.41, 5.74) is 0. The molecule has 0 radical (unpaired) electrons. The first kappa shape index (κ1) is 67.4. The molecule has 0 unspecified atom stereocenters. The molecule has 0 aromatic carbocycles. The molecular weight excluding hydrogens is 250 g/mol. The summed E-state index contributed by atoms with van der Waals surface area (Å²) >= 11 is 0. The van der Waals surface area contributed by atoms with Crippen LogP contribution < -0.4 is 28.2 Å². The van der Waals surface area contributed by atoms with Crippen LogP contribution in [0.4, 0.5) is 17.6 Å². The summed E-state index contributed by atoms with van der Waals surface area (Å²) in [5, 5.41) is 0. The maximum atomic E-state index is 10.3. The standard InChI is InChI=1S/C3H6.C2F4.6FH/c1-3-2;3-1(4)2(5)6;;;;;;/h3H,1H2,2H3;;6*1H/p-6. The second kappa shape index (κ2) is 53.1. The monoisotopic (exact) mass is 256 g/mol. The Morgan fingerprint density at radius 1 is 0.733 bits per heavy atom. The lowest BCUT2D eigenvalue weighted by Crippen LogP contribution is -3.00. The van der Waals surface area contributed by atoms with Gasteiger partial charge >= 0.3 is 12.2 Å². The Kier molecular flexibility index (Phi) is 238. The molecule has 0 N–H and O–H groups in total. The van der Waals surface area contributed by atoms with Crippen molar-refractivity contribution in [3.63, 3.8) is 0 Å². The molecule has 0 aromatic heterocycles. The van der Waals surface area contributed by atoms with Gasteiger partial charge in [-0.25, -0.2) is 0 Å². The number of rotatable bonds is 0. The van der Waals surface area contributed by atoms with Crippen LogP contribution in [-0.4, -0.2) is 0 Å². The maximum absolute atomic E-state index is 10.3. The number of hydrogen-bond acceptors (Lipinski definition) is 0. The molecule has 0 nitrogen and oxygen atoms in total. The Hall–Kier alpha value is -1.22. The highest BCUT2D eigenvalue weighted by Gasteiger charge is 1.98. The first-order chi connectivity index (χ1) is 4.06. The summed E-state index contributed by atoms with van der Waals surface area (Å²) in [6.07, 6.45) is -4.06. The van der Waals surface area contributed by atoms with Crippen LogP contribution in [0.5, 0.6) is 0 Å². The van der Waals surface area contributed by atoms with Crippen LogP contribution in [-0.2, 0) is 0 Å². The molecule has 0 aliphatic carbocycles. The van der Waals surface area contributed by atoms with E-state index in [2.05, 4.69) is 6.58 Å². The van der Waals surface area contributed by atoms with Gasteiger partial charge < -0.3 is 28.2 Å². The lowest BCUT2D eigenvalue weighted by Gasteiger charge is -1.69. The van der Waals surface area contributed by atoms with E-state index >= 15 is 0 Å². The van der Waals surface area contributed by atoms with Crippen molar-refractivity contribution in [2.24, 2.45) is 0 Å². The van der Waals surface area contributed by atoms with E-state index in [1.165, 1.54) is 0 Å². The van der Waals surface area contributed by atoms with Crippen LogP contribution >= 0.6 is 0 Å². The number of allylic oxidation sites excluding steroid dienone is 1. The summed E-state index contributed by atoms with van der Waals surface area (Å²) in [5.74, 6) is 0. The van der Waals surface area contributed by atoms with Crippen LogP contribution in [0.25, 0.3) is 0 Å². The molecule has 15 heavy (non-hydrogen) atoms. The second-order valence-electron chi connectivity index (χ2n) is 0.929. The van der Waals surface area contributed by atoms with Crippen molar-refractivity contribution in [2.75, 3.05) is 0 Å². The third-order valence-electron chi connectivity index (χ3n) is 0.143. The summed E-state index contributed by atoms with van der Waals surface area (Å²) in [6.45, 7) is 5.25. The molecule has 10 heteroatoms. The van der Waals surface area contributed by atoms with Crippen LogP contribution in [0, 0.1) is 0 Å². The van der Waals surface area contributed by atoms with Gasteiger partial charge in [0.2, 0.25) is 0 Å². The highest BCUT2D eigenvalue weighted by atomic mass is 19.3. The fourth-order valence-corrected chi connectivity index (χ4v) is 0. The van der Waals surface area contributed by atoms with Crippen molar-refractivity contribution < 1.29 is 45.8 Å². The van der Waals surface area contributed by atoms with Gasteiger partial charge in [0.05, 0.1) is 0 Å². The predicted molar refractivity (Wildman–Crippen MR) is 27.3 cm³/mol. The zero-order chi connectivity index (χ0) is 7.86. The lowest BCUT2D eigenvalue weighted by atomic mass is 10.8. The van der Waals surface area contributed by atoms with Crippen molar-refractivity contribution in [1.29, 1.82) is 0 Å². The van der Waals surface area contributed by atoms with Crippen LogP contribution in [0.1, 0.15) is 6.92 Å². The van der Waals surface area contributed by atoms with Crippen molar-refractivity contribution in [2.45, 2.75) is 6.92 Å². The van der Waals surface area contributed by atoms with E-state index in [-0.39, 0.29) is 28.2 Å². The van der Waals surface area contributed by atoms with Gasteiger partial charge in [-0.05, 0) is 6.92 Å². The van der Waals surface area contributed by atoms with Gasteiger partial charge in [0.15, 0.2) is 0 Å². The first-order valence-corrected chi connectivity index (χ1v) is 1.99. The Morgan fingerprint density at radius 2 is 0.800 bits per heavy atom. The fourth-order valence-electron chi connectivity index (χ4n) is 0. The maximum Gasteiger partial charge on any atom is 0.334 e. The Labute approximate surface area is 78.9 Å². The molecule has 0 atom stereocenters. The first-order valence-electron chi connectivity index (χ1n) is 1.99. The fraction of sp³-hybridized carbons (Fsp3) is 0.200. The molecule has 0 aliphatic heterocycles. The van der Waals surface area contributed by atoms with Gasteiger partial charge in [0, 0.05) is 0 Å². The zero-order valence-electron chi connectivity index (χ0n) is 7.06. The van der Waals surface area contributed by atoms with Crippen molar-refractivity contribution in [3.05, 3.63) is 24.8 Å². The molecular formula is C5H6F10-6. The van der Waals surface area contributed by atoms with E-state index in [4.69, 9.17) is 0 Å². The topological polar surface area (TPSA) is 0 Å². The van der Waals surface area contributed by atoms with E-state index in [0.717, 1.165) is 0 Å². The molecule has 0 aliphatic rings. The minimum Gasteiger partial charge on any atom is -1.00 e. The molecule has 0 bridgehead atoms. The molecule has 0 fully saturated rings. The average Bonchev–Trinajstić information content (AvgIpc) is 1.68. The van der Waals surface area contributed by atoms with Gasteiger partial charge in [-0.15, -0.1) is 6.58 Å². The van der Waals surface area contributed by atoms with Gasteiger partial charge in [-0.2, -0.15) is 17.6 Å². The number of halogens is 10. The van der Waals surface area contributed by atoms with Gasteiger partial charge in [0.25, 0.3) is 0 Å². The molecule has 0 saturated heterocycles. The molecule has 0 saturated carbocycles.